The van der Waals surface area contributed by atoms with E-state index in [4.69, 9.17) is 30.3 Å². The third kappa shape index (κ3) is 9.94. The molecule has 0 atom stereocenters. The number of nitrogens with one attached hydrogen (secondary N) is 1. The Morgan fingerprint density at radius 2 is 1.68 bits per heavy atom. The van der Waals surface area contributed by atoms with Crippen LogP contribution in [0.2, 0.25) is 0 Å². The van der Waals surface area contributed by atoms with Crippen LogP contribution in [0.1, 0.15) is 0 Å². The van der Waals surface area contributed by atoms with E-state index in [1.165, 1.54) is 0 Å². The molecule has 5 N–H and O–H groups in total. The van der Waals surface area contributed by atoms with Crippen LogP contribution in [0.25, 0.3) is 0 Å². The van der Waals surface area contributed by atoms with E-state index in [0.29, 0.717) is 6.54 Å². The van der Waals surface area contributed by atoms with Crippen molar-refractivity contribution in [1.82, 2.24) is 10.2 Å². The van der Waals surface area contributed by atoms with Crippen molar-refractivity contribution < 1.29 is 29.3 Å². The smallest absolute Gasteiger partial charge is 0.414 e. The molecule has 19 heavy (non-hydrogen) atoms. The van der Waals surface area contributed by atoms with Crippen molar-refractivity contribution in [1.29, 1.82) is 0 Å². The number of hydrogen-bond donors (Lipinski definition) is 4. The molecule has 1 rings (SSSR count). The second kappa shape index (κ2) is 10.2. The molecule has 0 bridgehead atoms. The van der Waals surface area contributed by atoms with Crippen LogP contribution in [-0.2, 0) is 19.1 Å². The summed E-state index contributed by atoms with van der Waals surface area (Å²) in [6.45, 7) is 5.14. The maximum Gasteiger partial charge on any atom is 0.414 e. The van der Waals surface area contributed by atoms with E-state index in [0.717, 1.165) is 32.8 Å². The highest BCUT2D eigenvalue weighted by Gasteiger charge is 2.09. The molecule has 0 aromatic carbocycles. The van der Waals surface area contributed by atoms with Crippen molar-refractivity contribution in [2.45, 2.75) is 0 Å². The topological polar surface area (TPSA) is 142 Å². The highest BCUT2D eigenvalue weighted by atomic mass is 16.5. The fraction of sp³-hybridized carbons (Fsp3) is 0.700. The van der Waals surface area contributed by atoms with E-state index in [1.54, 1.807) is 0 Å². The normalized spacial score (nSPS) is 15.0. The minimum absolute atomic E-state index is 0.0725. The monoisotopic (exact) mass is 277 g/mol. The minimum Gasteiger partial charge on any atom is -0.473 e. The Bertz CT molecular complexity index is 292. The van der Waals surface area contributed by atoms with Crippen molar-refractivity contribution in [3.05, 3.63) is 0 Å². The van der Waals surface area contributed by atoms with Crippen LogP contribution in [-0.4, -0.2) is 78.9 Å². The molecule has 1 aliphatic rings. The summed E-state index contributed by atoms with van der Waals surface area (Å²) in [5.41, 5.74) is 5.15. The molecule has 1 amide bonds. The highest BCUT2D eigenvalue weighted by molar-refractivity contribution is 6.27. The molecule has 0 aromatic rings. The van der Waals surface area contributed by atoms with Gasteiger partial charge in [0.25, 0.3) is 0 Å². The second-order valence-electron chi connectivity index (χ2n) is 3.62. The quantitative estimate of drug-likeness (QED) is 0.415. The van der Waals surface area contributed by atoms with Gasteiger partial charge in [0.2, 0.25) is 5.91 Å². The summed E-state index contributed by atoms with van der Waals surface area (Å²) < 4.78 is 5.20. The lowest BCUT2D eigenvalue weighted by Crippen LogP contribution is -2.42. The van der Waals surface area contributed by atoms with E-state index >= 15 is 0 Å². The van der Waals surface area contributed by atoms with Gasteiger partial charge in [0, 0.05) is 26.2 Å². The fourth-order valence-corrected chi connectivity index (χ4v) is 1.25. The Kier molecular flexibility index (Phi) is 9.31. The number of aliphatic carboxylic acids is 2. The average Bonchev–Trinajstić information content (AvgIpc) is 2.40. The van der Waals surface area contributed by atoms with Gasteiger partial charge in [0.1, 0.15) is 0 Å². The Hall–Kier alpha value is -1.71. The van der Waals surface area contributed by atoms with E-state index < -0.39 is 11.9 Å². The molecule has 0 saturated carbocycles. The molecule has 0 radical (unpaired) electrons. The lowest BCUT2D eigenvalue weighted by molar-refractivity contribution is -0.159. The van der Waals surface area contributed by atoms with Gasteiger partial charge in [-0.05, 0) is 0 Å². The maximum absolute atomic E-state index is 10.8. The molecule has 1 saturated heterocycles. The van der Waals surface area contributed by atoms with Crippen molar-refractivity contribution in [2.24, 2.45) is 5.73 Å². The van der Waals surface area contributed by atoms with Gasteiger partial charge in [-0.3, -0.25) is 9.69 Å². The number of carbonyl (C=O) groups is 3. The molecule has 0 unspecified atom stereocenters. The Balaban J connectivity index is 0.000000459. The number of hydrogen-bond acceptors (Lipinski definition) is 6. The number of morpholine rings is 1. The number of nitrogens with zero attached hydrogens (tertiary/aromatic N) is 1. The number of ether oxygens (including phenoxy) is 1. The van der Waals surface area contributed by atoms with Crippen LogP contribution in [0, 0.1) is 0 Å². The third-order valence-corrected chi connectivity index (χ3v) is 2.22. The van der Waals surface area contributed by atoms with Crippen LogP contribution in [0.5, 0.6) is 0 Å². The van der Waals surface area contributed by atoms with Gasteiger partial charge in [0.05, 0.1) is 19.8 Å². The molecule has 9 nitrogen and oxygen atoms in total. The molecule has 1 heterocycles. The number of carboxylic acid groups (broad SMARTS) is 2. The van der Waals surface area contributed by atoms with Gasteiger partial charge in [0.15, 0.2) is 0 Å². The summed E-state index contributed by atoms with van der Waals surface area (Å²) >= 11 is 0. The first-order chi connectivity index (χ1) is 8.97. The lowest BCUT2D eigenvalue weighted by Gasteiger charge is -2.26. The van der Waals surface area contributed by atoms with Crippen molar-refractivity contribution in [3.8, 4) is 0 Å². The second-order valence-corrected chi connectivity index (χ2v) is 3.62. The van der Waals surface area contributed by atoms with Crippen LogP contribution < -0.4 is 11.1 Å². The van der Waals surface area contributed by atoms with Crippen LogP contribution in [0.3, 0.4) is 0 Å². The van der Waals surface area contributed by atoms with Crippen molar-refractivity contribution in [3.63, 3.8) is 0 Å². The lowest BCUT2D eigenvalue weighted by atomic mass is 10.4. The number of nitrogens with two attached hydrogens (primary N) is 1. The summed E-state index contributed by atoms with van der Waals surface area (Å²) in [7, 11) is 0. The Morgan fingerprint density at radius 3 is 2.11 bits per heavy atom. The Morgan fingerprint density at radius 1 is 1.16 bits per heavy atom. The zero-order valence-corrected chi connectivity index (χ0v) is 10.5. The van der Waals surface area contributed by atoms with Gasteiger partial charge in [-0.15, -0.1) is 0 Å². The number of carboxylic acids is 2. The summed E-state index contributed by atoms with van der Waals surface area (Å²) in [6, 6.07) is 0. The van der Waals surface area contributed by atoms with E-state index in [2.05, 4.69) is 10.2 Å². The molecule has 9 heteroatoms. The van der Waals surface area contributed by atoms with Gasteiger partial charge < -0.3 is 26.0 Å². The SMILES string of the molecule is NCC(=O)NCCN1CCOCC1.O=C(O)C(=O)O. The first-order valence-corrected chi connectivity index (χ1v) is 5.70. The van der Waals surface area contributed by atoms with E-state index in [9.17, 15) is 4.79 Å². The van der Waals surface area contributed by atoms with Crippen molar-refractivity contribution >= 4 is 17.8 Å². The number of rotatable bonds is 4. The largest absolute Gasteiger partial charge is 0.473 e. The predicted octanol–water partition coefficient (Wildman–Crippen LogP) is -2.45. The van der Waals surface area contributed by atoms with Crippen LogP contribution in [0.15, 0.2) is 0 Å². The molecule has 1 aliphatic heterocycles. The third-order valence-electron chi connectivity index (χ3n) is 2.22. The van der Waals surface area contributed by atoms with Gasteiger partial charge in [-0.25, -0.2) is 9.59 Å². The molecule has 0 aromatic heterocycles. The zero-order valence-electron chi connectivity index (χ0n) is 10.5. The Labute approximate surface area is 110 Å². The van der Waals surface area contributed by atoms with Gasteiger partial charge >= 0.3 is 11.9 Å². The number of carbonyl (C=O) groups excluding carboxylic acids is 1. The van der Waals surface area contributed by atoms with Crippen molar-refractivity contribution in [2.75, 3.05) is 45.9 Å². The summed E-state index contributed by atoms with van der Waals surface area (Å²) in [5.74, 6) is -3.74. The van der Waals surface area contributed by atoms with Crippen LogP contribution in [0.4, 0.5) is 0 Å². The van der Waals surface area contributed by atoms with Gasteiger partial charge in [-0.1, -0.05) is 0 Å². The van der Waals surface area contributed by atoms with Gasteiger partial charge in [-0.2, -0.15) is 0 Å². The summed E-state index contributed by atoms with van der Waals surface area (Å²) in [4.78, 5) is 31.2. The molecule has 0 spiro atoms. The average molecular weight is 277 g/mol. The fourth-order valence-electron chi connectivity index (χ4n) is 1.25. The molecule has 0 aliphatic carbocycles. The highest BCUT2D eigenvalue weighted by Crippen LogP contribution is 1.94. The first-order valence-electron chi connectivity index (χ1n) is 5.70. The standard InChI is InChI=1S/C8H17N3O2.C2H2O4/c9-7-8(12)10-1-2-11-3-5-13-6-4-11;3-1(4)2(5)6/h1-7,9H2,(H,10,12);(H,3,4)(H,5,6). The molecular formula is C10H19N3O6. The molecule has 1 fully saturated rings. The maximum atomic E-state index is 10.8. The summed E-state index contributed by atoms with van der Waals surface area (Å²) in [5, 5.41) is 17.5. The number of amides is 1. The molecular weight excluding hydrogens is 258 g/mol. The van der Waals surface area contributed by atoms with E-state index in [-0.39, 0.29) is 12.5 Å². The molecule has 110 valence electrons. The predicted molar refractivity (Wildman–Crippen MR) is 64.6 cm³/mol. The van der Waals surface area contributed by atoms with Crippen LogP contribution >= 0.6 is 0 Å². The minimum atomic E-state index is -1.82. The first kappa shape index (κ1) is 17.3. The van der Waals surface area contributed by atoms with E-state index in [1.807, 2.05) is 0 Å². The summed E-state index contributed by atoms with van der Waals surface area (Å²) in [6.07, 6.45) is 0. The zero-order chi connectivity index (χ0) is 14.7.